The van der Waals surface area contributed by atoms with E-state index in [1.807, 2.05) is 23.6 Å². The van der Waals surface area contributed by atoms with Gasteiger partial charge in [-0.15, -0.1) is 16.4 Å². The number of non-ortho nitro benzene ring substituents is 1. The van der Waals surface area contributed by atoms with Crippen LogP contribution in [0.5, 0.6) is 0 Å². The highest BCUT2D eigenvalue weighted by molar-refractivity contribution is 7.13. The Labute approximate surface area is 168 Å². The van der Waals surface area contributed by atoms with Crippen LogP contribution in [0.2, 0.25) is 0 Å². The number of carbonyl (C=O) groups excluding carboxylic acids is 1. The van der Waals surface area contributed by atoms with Gasteiger partial charge in [0.1, 0.15) is 5.01 Å². The lowest BCUT2D eigenvalue weighted by atomic mass is 10.2. The molecule has 0 aliphatic rings. The summed E-state index contributed by atoms with van der Waals surface area (Å²) in [6.45, 7) is 1.68. The molecule has 0 bridgehead atoms. The summed E-state index contributed by atoms with van der Waals surface area (Å²) in [7, 11) is 0. The Morgan fingerprint density at radius 2 is 2.03 bits per heavy atom. The predicted molar refractivity (Wildman–Crippen MR) is 108 cm³/mol. The Morgan fingerprint density at radius 1 is 1.21 bits per heavy atom. The largest absolute Gasteiger partial charge is 0.321 e. The summed E-state index contributed by atoms with van der Waals surface area (Å²) in [5, 5.41) is 24.5. The number of benzene rings is 2. The van der Waals surface area contributed by atoms with Crippen molar-refractivity contribution in [2.75, 3.05) is 5.32 Å². The van der Waals surface area contributed by atoms with E-state index < -0.39 is 10.8 Å². The second-order valence-electron chi connectivity index (χ2n) is 6.08. The third-order valence-corrected chi connectivity index (χ3v) is 5.02. The number of aromatic nitrogens is 4. The molecular formula is C19H14N6O3S. The van der Waals surface area contributed by atoms with Crippen LogP contribution in [0.3, 0.4) is 0 Å². The minimum Gasteiger partial charge on any atom is -0.321 e. The van der Waals surface area contributed by atoms with Gasteiger partial charge in [0.2, 0.25) is 0 Å². The Kier molecular flexibility index (Phi) is 4.83. The summed E-state index contributed by atoms with van der Waals surface area (Å²) in [4.78, 5) is 27.5. The van der Waals surface area contributed by atoms with Gasteiger partial charge in [-0.1, -0.05) is 23.4 Å². The van der Waals surface area contributed by atoms with Crippen molar-refractivity contribution in [3.05, 3.63) is 81.6 Å². The van der Waals surface area contributed by atoms with E-state index in [1.165, 1.54) is 28.2 Å². The van der Waals surface area contributed by atoms with Crippen LogP contribution in [-0.2, 0) is 0 Å². The highest BCUT2D eigenvalue weighted by Gasteiger charge is 2.19. The van der Waals surface area contributed by atoms with Crippen molar-refractivity contribution in [3.63, 3.8) is 0 Å². The van der Waals surface area contributed by atoms with E-state index in [0.29, 0.717) is 17.1 Å². The molecule has 1 N–H and O–H groups in total. The topological polar surface area (TPSA) is 116 Å². The number of nitrogens with zero attached hydrogens (tertiary/aromatic N) is 5. The minimum atomic E-state index is -0.487. The lowest BCUT2D eigenvalue weighted by Crippen LogP contribution is -2.14. The van der Waals surface area contributed by atoms with Crippen molar-refractivity contribution in [1.29, 1.82) is 0 Å². The summed E-state index contributed by atoms with van der Waals surface area (Å²) >= 11 is 1.51. The number of hydrogen-bond donors (Lipinski definition) is 1. The smallest absolute Gasteiger partial charge is 0.278 e. The molecule has 2 aromatic heterocycles. The average Bonchev–Trinajstić information content (AvgIpc) is 3.38. The van der Waals surface area contributed by atoms with Gasteiger partial charge < -0.3 is 5.32 Å². The minimum absolute atomic E-state index is 0.0672. The number of nitro groups is 1. The monoisotopic (exact) mass is 406 g/mol. The first-order chi connectivity index (χ1) is 14.0. The summed E-state index contributed by atoms with van der Waals surface area (Å²) < 4.78 is 1.40. The van der Waals surface area contributed by atoms with Gasteiger partial charge in [0.15, 0.2) is 5.69 Å². The quantitative estimate of drug-likeness (QED) is 0.397. The van der Waals surface area contributed by atoms with Crippen LogP contribution < -0.4 is 5.32 Å². The van der Waals surface area contributed by atoms with E-state index in [-0.39, 0.29) is 11.4 Å². The maximum Gasteiger partial charge on any atom is 0.278 e. The average molecular weight is 406 g/mol. The molecule has 4 rings (SSSR count). The van der Waals surface area contributed by atoms with Crippen LogP contribution in [0.15, 0.2) is 60.1 Å². The third-order valence-electron chi connectivity index (χ3n) is 4.19. The first-order valence-electron chi connectivity index (χ1n) is 8.51. The number of nitrogens with one attached hydrogen (secondary N) is 1. The third kappa shape index (κ3) is 3.73. The van der Waals surface area contributed by atoms with Crippen molar-refractivity contribution >= 4 is 28.6 Å². The van der Waals surface area contributed by atoms with E-state index in [1.54, 1.807) is 31.3 Å². The molecule has 2 aromatic carbocycles. The maximum atomic E-state index is 12.7. The number of hydrogen-bond acceptors (Lipinski definition) is 7. The van der Waals surface area contributed by atoms with Gasteiger partial charge in [-0.2, -0.15) is 0 Å². The van der Waals surface area contributed by atoms with Gasteiger partial charge in [0.05, 0.1) is 16.3 Å². The van der Waals surface area contributed by atoms with E-state index in [2.05, 4.69) is 20.6 Å². The van der Waals surface area contributed by atoms with Crippen molar-refractivity contribution in [2.24, 2.45) is 0 Å². The molecule has 4 aromatic rings. The highest BCUT2D eigenvalue weighted by Crippen LogP contribution is 2.25. The second-order valence-corrected chi connectivity index (χ2v) is 6.98. The standard InChI is InChI=1S/C19H14N6O3S/c1-12-17(22-23-24(12)15-6-3-7-16(11-15)25(27)28)18(26)21-14-5-2-4-13(10-14)19-20-8-9-29-19/h2-11H,1H3,(H,21,26). The number of anilines is 1. The normalized spacial score (nSPS) is 10.7. The molecule has 0 saturated carbocycles. The molecule has 0 atom stereocenters. The van der Waals surface area contributed by atoms with Crippen LogP contribution in [0.4, 0.5) is 11.4 Å². The van der Waals surface area contributed by atoms with Crippen LogP contribution in [0.25, 0.3) is 16.3 Å². The predicted octanol–water partition coefficient (Wildman–Crippen LogP) is 3.86. The van der Waals surface area contributed by atoms with Crippen LogP contribution in [0.1, 0.15) is 16.2 Å². The fraction of sp³-hybridized carbons (Fsp3) is 0.0526. The molecule has 2 heterocycles. The highest BCUT2D eigenvalue weighted by atomic mass is 32.1. The Hall–Kier alpha value is -3.92. The number of amides is 1. The molecule has 0 aliphatic carbocycles. The van der Waals surface area contributed by atoms with E-state index in [0.717, 1.165) is 10.6 Å². The van der Waals surface area contributed by atoms with Gasteiger partial charge in [-0.3, -0.25) is 14.9 Å². The number of thiazole rings is 1. The Bertz CT molecular complexity index is 1200. The fourth-order valence-electron chi connectivity index (χ4n) is 2.81. The first kappa shape index (κ1) is 18.4. The molecule has 0 radical (unpaired) electrons. The van der Waals surface area contributed by atoms with Crippen molar-refractivity contribution in [3.8, 4) is 16.3 Å². The van der Waals surface area contributed by atoms with E-state index in [9.17, 15) is 14.9 Å². The van der Waals surface area contributed by atoms with Gasteiger partial charge >= 0.3 is 0 Å². The lowest BCUT2D eigenvalue weighted by Gasteiger charge is -2.06. The number of nitro benzene ring substituents is 1. The van der Waals surface area contributed by atoms with Gasteiger partial charge in [-0.25, -0.2) is 9.67 Å². The summed E-state index contributed by atoms with van der Waals surface area (Å²) in [6.07, 6.45) is 1.72. The number of rotatable bonds is 5. The van der Waals surface area contributed by atoms with Crippen molar-refractivity contribution in [2.45, 2.75) is 6.92 Å². The molecule has 0 unspecified atom stereocenters. The zero-order valence-corrected chi connectivity index (χ0v) is 16.0. The SMILES string of the molecule is Cc1c(C(=O)Nc2cccc(-c3nccs3)c2)nnn1-c1cccc([N+](=O)[O-])c1. The van der Waals surface area contributed by atoms with Crippen LogP contribution >= 0.6 is 11.3 Å². The summed E-state index contributed by atoms with van der Waals surface area (Å²) in [5.41, 5.74) is 2.49. The molecular weight excluding hydrogens is 392 g/mol. The Balaban J connectivity index is 1.59. The lowest BCUT2D eigenvalue weighted by molar-refractivity contribution is -0.384. The van der Waals surface area contributed by atoms with Crippen molar-refractivity contribution < 1.29 is 9.72 Å². The maximum absolute atomic E-state index is 12.7. The van der Waals surface area contributed by atoms with Gasteiger partial charge in [0, 0.05) is 35.0 Å². The molecule has 29 heavy (non-hydrogen) atoms. The molecule has 0 spiro atoms. The molecule has 1 amide bonds. The Morgan fingerprint density at radius 3 is 2.79 bits per heavy atom. The number of carbonyl (C=O) groups is 1. The molecule has 0 saturated heterocycles. The molecule has 10 heteroatoms. The second kappa shape index (κ2) is 7.60. The van der Waals surface area contributed by atoms with Crippen molar-refractivity contribution in [1.82, 2.24) is 20.0 Å². The zero-order chi connectivity index (χ0) is 20.4. The molecule has 144 valence electrons. The molecule has 0 fully saturated rings. The summed E-state index contributed by atoms with van der Waals surface area (Å²) in [5.74, 6) is -0.421. The van der Waals surface area contributed by atoms with E-state index in [4.69, 9.17) is 0 Å². The zero-order valence-electron chi connectivity index (χ0n) is 15.1. The molecule has 9 nitrogen and oxygen atoms in total. The van der Waals surface area contributed by atoms with Gasteiger partial charge in [-0.05, 0) is 25.1 Å². The summed E-state index contributed by atoms with van der Waals surface area (Å²) in [6, 6.07) is 13.3. The van der Waals surface area contributed by atoms with Gasteiger partial charge in [0.25, 0.3) is 11.6 Å². The molecule has 0 aliphatic heterocycles. The van der Waals surface area contributed by atoms with E-state index >= 15 is 0 Å². The van der Waals surface area contributed by atoms with Crippen LogP contribution in [0, 0.1) is 17.0 Å². The fourth-order valence-corrected chi connectivity index (χ4v) is 3.44. The first-order valence-corrected chi connectivity index (χ1v) is 9.39. The van der Waals surface area contributed by atoms with Crippen LogP contribution in [-0.4, -0.2) is 30.8 Å².